The molecule has 36 heavy (non-hydrogen) atoms. The van der Waals surface area contributed by atoms with Gasteiger partial charge < -0.3 is 19.7 Å². The summed E-state index contributed by atoms with van der Waals surface area (Å²) in [6.45, 7) is 0.228. The Bertz CT molecular complexity index is 1230. The van der Waals surface area contributed by atoms with Crippen molar-refractivity contribution in [1.82, 2.24) is 4.90 Å². The highest BCUT2D eigenvalue weighted by molar-refractivity contribution is 6.30. The monoisotopic (exact) mass is 507 g/mol. The third-order valence-electron chi connectivity index (χ3n) is 5.99. The summed E-state index contributed by atoms with van der Waals surface area (Å²) in [5.41, 5.74) is 1.92. The molecular formula is C27H26ClN3O5. The SMILES string of the molecule is COc1ccc(CCN(C(=O)Nc2ccc(Cl)cc2)C2CC(=O)N(c3ccc(OC)cc3)C2=O)cc1. The minimum atomic E-state index is -0.940. The number of carbonyl (C=O) groups is 3. The molecule has 1 unspecified atom stereocenters. The van der Waals surface area contributed by atoms with Crippen LogP contribution < -0.4 is 19.7 Å². The van der Waals surface area contributed by atoms with Gasteiger partial charge in [-0.3, -0.25) is 9.59 Å². The fraction of sp³-hybridized carbons (Fsp3) is 0.222. The number of rotatable bonds is 8. The Morgan fingerprint density at radius 2 is 1.53 bits per heavy atom. The van der Waals surface area contributed by atoms with E-state index in [-0.39, 0.29) is 18.9 Å². The molecule has 0 aromatic heterocycles. The number of hydrogen-bond donors (Lipinski definition) is 1. The molecular weight excluding hydrogens is 482 g/mol. The Kier molecular flexibility index (Phi) is 7.75. The van der Waals surface area contributed by atoms with Crippen LogP contribution in [-0.2, 0) is 16.0 Å². The van der Waals surface area contributed by atoms with Crippen LogP contribution in [0.25, 0.3) is 0 Å². The van der Waals surface area contributed by atoms with Gasteiger partial charge in [0, 0.05) is 17.3 Å². The van der Waals surface area contributed by atoms with E-state index in [1.165, 1.54) is 12.0 Å². The zero-order valence-electron chi connectivity index (χ0n) is 19.9. The van der Waals surface area contributed by atoms with Gasteiger partial charge in [0.15, 0.2) is 0 Å². The van der Waals surface area contributed by atoms with E-state index in [0.29, 0.717) is 28.6 Å². The van der Waals surface area contributed by atoms with Gasteiger partial charge in [-0.15, -0.1) is 0 Å². The topological polar surface area (TPSA) is 88.2 Å². The van der Waals surface area contributed by atoms with Gasteiger partial charge in [0.2, 0.25) is 5.91 Å². The molecule has 1 atom stereocenters. The third kappa shape index (κ3) is 5.60. The van der Waals surface area contributed by atoms with Crippen molar-refractivity contribution >= 4 is 40.8 Å². The zero-order valence-corrected chi connectivity index (χ0v) is 20.7. The summed E-state index contributed by atoms with van der Waals surface area (Å²) < 4.78 is 10.4. The maximum absolute atomic E-state index is 13.4. The smallest absolute Gasteiger partial charge is 0.322 e. The number of nitrogens with zero attached hydrogens (tertiary/aromatic N) is 2. The van der Waals surface area contributed by atoms with Crippen molar-refractivity contribution in [3.63, 3.8) is 0 Å². The summed E-state index contributed by atoms with van der Waals surface area (Å²) in [4.78, 5) is 42.2. The first-order valence-corrected chi connectivity index (χ1v) is 11.7. The number of carbonyl (C=O) groups excluding carboxylic acids is 3. The molecule has 8 nitrogen and oxygen atoms in total. The molecule has 1 saturated heterocycles. The highest BCUT2D eigenvalue weighted by Gasteiger charge is 2.44. The fourth-order valence-electron chi connectivity index (χ4n) is 4.03. The average Bonchev–Trinajstić information content (AvgIpc) is 3.19. The second-order valence-corrected chi connectivity index (χ2v) is 8.65. The molecule has 1 fully saturated rings. The molecule has 1 N–H and O–H groups in total. The van der Waals surface area contributed by atoms with E-state index in [0.717, 1.165) is 16.2 Å². The molecule has 1 aliphatic rings. The second kappa shape index (κ2) is 11.1. The number of methoxy groups -OCH3 is 2. The number of ether oxygens (including phenoxy) is 2. The summed E-state index contributed by atoms with van der Waals surface area (Å²) in [7, 11) is 3.13. The van der Waals surface area contributed by atoms with E-state index in [1.807, 2.05) is 24.3 Å². The third-order valence-corrected chi connectivity index (χ3v) is 6.24. The van der Waals surface area contributed by atoms with Crippen molar-refractivity contribution in [2.24, 2.45) is 0 Å². The van der Waals surface area contributed by atoms with Crippen LogP contribution in [0, 0.1) is 0 Å². The molecule has 4 rings (SSSR count). The molecule has 3 aromatic carbocycles. The van der Waals surface area contributed by atoms with E-state index >= 15 is 0 Å². The molecule has 0 radical (unpaired) electrons. The molecule has 1 heterocycles. The van der Waals surface area contributed by atoms with E-state index < -0.39 is 18.0 Å². The van der Waals surface area contributed by atoms with Crippen molar-refractivity contribution in [3.8, 4) is 11.5 Å². The quantitative estimate of drug-likeness (QED) is 0.444. The lowest BCUT2D eigenvalue weighted by Crippen LogP contribution is -2.48. The zero-order chi connectivity index (χ0) is 25.7. The lowest BCUT2D eigenvalue weighted by Gasteiger charge is -2.28. The van der Waals surface area contributed by atoms with Gasteiger partial charge in [-0.1, -0.05) is 23.7 Å². The molecule has 0 bridgehead atoms. The molecule has 9 heteroatoms. The number of imide groups is 1. The Morgan fingerprint density at radius 3 is 2.11 bits per heavy atom. The summed E-state index contributed by atoms with van der Waals surface area (Å²) in [5, 5.41) is 3.35. The number of hydrogen-bond acceptors (Lipinski definition) is 5. The highest BCUT2D eigenvalue weighted by Crippen LogP contribution is 2.28. The predicted molar refractivity (Wildman–Crippen MR) is 138 cm³/mol. The Balaban J connectivity index is 1.57. The van der Waals surface area contributed by atoms with Crippen LogP contribution in [0.15, 0.2) is 72.8 Å². The minimum absolute atomic E-state index is 0.110. The summed E-state index contributed by atoms with van der Waals surface area (Å²) in [5.74, 6) is 0.510. The van der Waals surface area contributed by atoms with Crippen LogP contribution in [0.4, 0.5) is 16.2 Å². The maximum Gasteiger partial charge on any atom is 0.322 e. The molecule has 3 aromatic rings. The summed E-state index contributed by atoms with van der Waals surface area (Å²) in [6, 6.07) is 19.4. The number of anilines is 2. The van der Waals surface area contributed by atoms with Crippen LogP contribution in [-0.4, -0.2) is 49.6 Å². The lowest BCUT2D eigenvalue weighted by atomic mass is 10.1. The van der Waals surface area contributed by atoms with Gasteiger partial charge in [-0.2, -0.15) is 0 Å². The number of amides is 4. The molecule has 0 aliphatic carbocycles. The molecule has 186 valence electrons. The first-order valence-electron chi connectivity index (χ1n) is 11.4. The average molecular weight is 508 g/mol. The Labute approximate surface area is 214 Å². The van der Waals surface area contributed by atoms with Gasteiger partial charge in [0.25, 0.3) is 5.91 Å². The highest BCUT2D eigenvalue weighted by atomic mass is 35.5. The summed E-state index contributed by atoms with van der Waals surface area (Å²) >= 11 is 5.95. The van der Waals surface area contributed by atoms with Crippen LogP contribution in [0.3, 0.4) is 0 Å². The molecule has 4 amide bonds. The van der Waals surface area contributed by atoms with E-state index in [2.05, 4.69) is 5.32 Å². The van der Waals surface area contributed by atoms with E-state index in [4.69, 9.17) is 21.1 Å². The number of nitrogens with one attached hydrogen (secondary N) is 1. The van der Waals surface area contributed by atoms with Crippen LogP contribution in [0.5, 0.6) is 11.5 Å². The number of urea groups is 1. The normalized spacial score (nSPS) is 15.1. The van der Waals surface area contributed by atoms with Gasteiger partial charge in [0.05, 0.1) is 26.3 Å². The maximum atomic E-state index is 13.4. The van der Waals surface area contributed by atoms with Crippen LogP contribution >= 0.6 is 11.6 Å². The summed E-state index contributed by atoms with van der Waals surface area (Å²) in [6.07, 6.45) is 0.375. The Morgan fingerprint density at radius 1 is 0.944 bits per heavy atom. The first kappa shape index (κ1) is 25.1. The standard InChI is InChI=1S/C27H26ClN3O5/c1-35-22-11-3-18(4-12-22)15-16-30(27(34)29-20-7-5-19(28)6-8-20)24-17-25(32)31(26(24)33)21-9-13-23(36-2)14-10-21/h3-14,24H,15-17H2,1-2H3,(H,29,34). The second-order valence-electron chi connectivity index (χ2n) is 8.21. The van der Waals surface area contributed by atoms with E-state index in [9.17, 15) is 14.4 Å². The molecule has 1 aliphatic heterocycles. The van der Waals surface area contributed by atoms with Crippen molar-refractivity contribution in [1.29, 1.82) is 0 Å². The largest absolute Gasteiger partial charge is 0.497 e. The minimum Gasteiger partial charge on any atom is -0.497 e. The van der Waals surface area contributed by atoms with Crippen molar-refractivity contribution in [2.45, 2.75) is 18.9 Å². The van der Waals surface area contributed by atoms with Crippen LogP contribution in [0.1, 0.15) is 12.0 Å². The number of benzene rings is 3. The van der Waals surface area contributed by atoms with Gasteiger partial charge in [-0.25, -0.2) is 9.69 Å². The van der Waals surface area contributed by atoms with Crippen molar-refractivity contribution < 1.29 is 23.9 Å². The first-order chi connectivity index (χ1) is 17.4. The lowest BCUT2D eigenvalue weighted by molar-refractivity contribution is -0.122. The van der Waals surface area contributed by atoms with Gasteiger partial charge in [0.1, 0.15) is 17.5 Å². The van der Waals surface area contributed by atoms with Crippen molar-refractivity contribution in [2.75, 3.05) is 31.0 Å². The van der Waals surface area contributed by atoms with E-state index in [1.54, 1.807) is 55.6 Å². The predicted octanol–water partition coefficient (Wildman–Crippen LogP) is 4.77. The van der Waals surface area contributed by atoms with Gasteiger partial charge >= 0.3 is 6.03 Å². The van der Waals surface area contributed by atoms with Gasteiger partial charge in [-0.05, 0) is 72.6 Å². The fourth-order valence-corrected chi connectivity index (χ4v) is 4.16. The molecule has 0 saturated carbocycles. The van der Waals surface area contributed by atoms with Crippen molar-refractivity contribution in [3.05, 3.63) is 83.4 Å². The van der Waals surface area contributed by atoms with Crippen LogP contribution in [0.2, 0.25) is 5.02 Å². The Hall–Kier alpha value is -4.04. The molecule has 0 spiro atoms. The number of halogens is 1.